The van der Waals surface area contributed by atoms with Crippen LogP contribution >= 0.6 is 0 Å². The van der Waals surface area contributed by atoms with Crippen molar-refractivity contribution in [1.82, 2.24) is 10.6 Å². The minimum absolute atomic E-state index is 0.0103. The highest BCUT2D eigenvalue weighted by atomic mass is 16.5. The van der Waals surface area contributed by atoms with Gasteiger partial charge in [0.05, 0.1) is 18.2 Å². The van der Waals surface area contributed by atoms with Crippen molar-refractivity contribution in [2.75, 3.05) is 13.2 Å². The van der Waals surface area contributed by atoms with Gasteiger partial charge in [-0.2, -0.15) is 0 Å². The summed E-state index contributed by atoms with van der Waals surface area (Å²) in [5, 5.41) is 6.32. The smallest absolute Gasteiger partial charge is 0.237 e. The second kappa shape index (κ2) is 5.15. The average molecular weight is 226 g/mol. The van der Waals surface area contributed by atoms with E-state index in [0.29, 0.717) is 5.92 Å². The molecule has 4 heteroatoms. The molecule has 4 nitrogen and oxygen atoms in total. The first-order chi connectivity index (χ1) is 7.68. The fraction of sp³-hybridized carbons (Fsp3) is 0.917. The minimum Gasteiger partial charge on any atom is -0.376 e. The molecule has 16 heavy (non-hydrogen) atoms. The van der Waals surface area contributed by atoms with Gasteiger partial charge in [0.25, 0.3) is 0 Å². The predicted molar refractivity (Wildman–Crippen MR) is 62.2 cm³/mol. The highest BCUT2D eigenvalue weighted by molar-refractivity contribution is 5.82. The van der Waals surface area contributed by atoms with E-state index in [0.717, 1.165) is 32.4 Å². The molecule has 2 aliphatic heterocycles. The second-order valence-corrected chi connectivity index (χ2v) is 5.05. The summed E-state index contributed by atoms with van der Waals surface area (Å²) in [7, 11) is 0. The van der Waals surface area contributed by atoms with E-state index in [1.54, 1.807) is 0 Å². The van der Waals surface area contributed by atoms with Crippen LogP contribution in [0.4, 0.5) is 0 Å². The van der Waals surface area contributed by atoms with Crippen LogP contribution < -0.4 is 10.6 Å². The van der Waals surface area contributed by atoms with Crippen LogP contribution in [0.15, 0.2) is 0 Å². The van der Waals surface area contributed by atoms with Crippen molar-refractivity contribution in [3.63, 3.8) is 0 Å². The molecule has 92 valence electrons. The van der Waals surface area contributed by atoms with Crippen molar-refractivity contribution in [3.05, 3.63) is 0 Å². The Morgan fingerprint density at radius 1 is 1.50 bits per heavy atom. The molecule has 0 bridgehead atoms. The molecule has 0 aromatic carbocycles. The van der Waals surface area contributed by atoms with Gasteiger partial charge in [0.15, 0.2) is 0 Å². The van der Waals surface area contributed by atoms with Crippen molar-refractivity contribution in [3.8, 4) is 0 Å². The molecule has 4 unspecified atom stereocenters. The number of hydrogen-bond acceptors (Lipinski definition) is 3. The summed E-state index contributed by atoms with van der Waals surface area (Å²) < 4.78 is 5.57. The zero-order valence-electron chi connectivity index (χ0n) is 10.2. The van der Waals surface area contributed by atoms with Crippen molar-refractivity contribution >= 4 is 5.91 Å². The maximum atomic E-state index is 12.0. The van der Waals surface area contributed by atoms with E-state index in [1.807, 2.05) is 6.92 Å². The molecule has 0 spiro atoms. The third kappa shape index (κ3) is 2.55. The molecule has 0 aromatic heterocycles. The zero-order valence-corrected chi connectivity index (χ0v) is 10.2. The molecule has 2 N–H and O–H groups in total. The topological polar surface area (TPSA) is 50.4 Å². The molecule has 0 saturated carbocycles. The van der Waals surface area contributed by atoms with E-state index in [9.17, 15) is 4.79 Å². The Bertz CT molecular complexity index is 251. The van der Waals surface area contributed by atoms with Crippen LogP contribution in [0, 0.1) is 5.92 Å². The highest BCUT2D eigenvalue weighted by Gasteiger charge is 2.31. The van der Waals surface area contributed by atoms with E-state index in [4.69, 9.17) is 4.74 Å². The molecule has 2 saturated heterocycles. The Labute approximate surface area is 97.1 Å². The Morgan fingerprint density at radius 3 is 2.88 bits per heavy atom. The molecule has 2 rings (SSSR count). The SMILES string of the molecule is CC1CCNC1C(=O)NC(C)C1CCCO1. The maximum absolute atomic E-state index is 12.0. The lowest BCUT2D eigenvalue weighted by atomic mass is 10.0. The number of amides is 1. The molecule has 2 heterocycles. The minimum atomic E-state index is -0.0103. The summed E-state index contributed by atoms with van der Waals surface area (Å²) in [6.07, 6.45) is 3.48. The van der Waals surface area contributed by atoms with E-state index in [-0.39, 0.29) is 24.1 Å². The lowest BCUT2D eigenvalue weighted by Crippen LogP contribution is -2.49. The molecular weight excluding hydrogens is 204 g/mol. The van der Waals surface area contributed by atoms with Crippen molar-refractivity contribution in [2.24, 2.45) is 5.92 Å². The Hall–Kier alpha value is -0.610. The van der Waals surface area contributed by atoms with Gasteiger partial charge in [-0.15, -0.1) is 0 Å². The highest BCUT2D eigenvalue weighted by Crippen LogP contribution is 2.17. The summed E-state index contributed by atoms with van der Waals surface area (Å²) in [6, 6.07) is 0.119. The van der Waals surface area contributed by atoms with E-state index >= 15 is 0 Å². The number of nitrogens with one attached hydrogen (secondary N) is 2. The Kier molecular flexibility index (Phi) is 3.82. The summed E-state index contributed by atoms with van der Waals surface area (Å²) in [4.78, 5) is 12.0. The third-order valence-electron chi connectivity index (χ3n) is 3.71. The van der Waals surface area contributed by atoms with Gasteiger partial charge in [0, 0.05) is 6.61 Å². The standard InChI is InChI=1S/C12H22N2O2/c1-8-5-6-13-11(8)12(15)14-9(2)10-4-3-7-16-10/h8-11,13H,3-7H2,1-2H3,(H,14,15). The summed E-state index contributed by atoms with van der Waals surface area (Å²) >= 11 is 0. The monoisotopic (exact) mass is 226 g/mol. The number of carbonyl (C=O) groups is 1. The molecule has 4 atom stereocenters. The van der Waals surface area contributed by atoms with Gasteiger partial charge in [-0.05, 0) is 38.6 Å². The lowest BCUT2D eigenvalue weighted by molar-refractivity contribution is -0.125. The van der Waals surface area contributed by atoms with E-state index < -0.39 is 0 Å². The zero-order chi connectivity index (χ0) is 11.5. The van der Waals surface area contributed by atoms with Gasteiger partial charge in [-0.3, -0.25) is 4.79 Å². The Morgan fingerprint density at radius 2 is 2.31 bits per heavy atom. The first kappa shape index (κ1) is 11.9. The lowest BCUT2D eigenvalue weighted by Gasteiger charge is -2.23. The summed E-state index contributed by atoms with van der Waals surface area (Å²) in [6.45, 7) is 5.95. The Balaban J connectivity index is 1.81. The molecule has 2 fully saturated rings. The first-order valence-corrected chi connectivity index (χ1v) is 6.34. The normalized spacial score (nSPS) is 36.2. The van der Waals surface area contributed by atoms with Gasteiger partial charge in [-0.1, -0.05) is 6.92 Å². The van der Waals surface area contributed by atoms with E-state index in [2.05, 4.69) is 17.6 Å². The van der Waals surface area contributed by atoms with Crippen molar-refractivity contribution in [1.29, 1.82) is 0 Å². The van der Waals surface area contributed by atoms with Crippen LogP contribution in [0.5, 0.6) is 0 Å². The van der Waals surface area contributed by atoms with Crippen LogP contribution in [-0.4, -0.2) is 37.2 Å². The summed E-state index contributed by atoms with van der Waals surface area (Å²) in [5.74, 6) is 0.574. The molecule has 2 aliphatic rings. The van der Waals surface area contributed by atoms with Crippen molar-refractivity contribution in [2.45, 2.75) is 51.3 Å². The second-order valence-electron chi connectivity index (χ2n) is 5.05. The first-order valence-electron chi connectivity index (χ1n) is 6.34. The number of carbonyl (C=O) groups excluding carboxylic acids is 1. The molecule has 0 aliphatic carbocycles. The summed E-state index contributed by atoms with van der Waals surface area (Å²) in [5.41, 5.74) is 0. The third-order valence-corrected chi connectivity index (χ3v) is 3.71. The fourth-order valence-electron chi connectivity index (χ4n) is 2.59. The van der Waals surface area contributed by atoms with Crippen LogP contribution in [0.3, 0.4) is 0 Å². The van der Waals surface area contributed by atoms with Gasteiger partial charge >= 0.3 is 0 Å². The maximum Gasteiger partial charge on any atom is 0.237 e. The van der Waals surface area contributed by atoms with Crippen LogP contribution in [0.1, 0.15) is 33.1 Å². The number of rotatable bonds is 3. The van der Waals surface area contributed by atoms with Gasteiger partial charge in [-0.25, -0.2) is 0 Å². The molecular formula is C12H22N2O2. The van der Waals surface area contributed by atoms with Crippen LogP contribution in [0.25, 0.3) is 0 Å². The number of hydrogen-bond donors (Lipinski definition) is 2. The van der Waals surface area contributed by atoms with E-state index in [1.165, 1.54) is 0 Å². The van der Waals surface area contributed by atoms with Crippen LogP contribution in [-0.2, 0) is 9.53 Å². The largest absolute Gasteiger partial charge is 0.376 e. The number of ether oxygens (including phenoxy) is 1. The average Bonchev–Trinajstić information content (AvgIpc) is 2.86. The molecule has 0 radical (unpaired) electrons. The molecule has 1 amide bonds. The van der Waals surface area contributed by atoms with Gasteiger partial charge in [0.1, 0.15) is 0 Å². The van der Waals surface area contributed by atoms with Crippen molar-refractivity contribution < 1.29 is 9.53 Å². The molecule has 0 aromatic rings. The predicted octanol–water partition coefficient (Wildman–Crippen LogP) is 0.668. The van der Waals surface area contributed by atoms with Crippen LogP contribution in [0.2, 0.25) is 0 Å². The fourth-order valence-corrected chi connectivity index (χ4v) is 2.59. The van der Waals surface area contributed by atoms with Gasteiger partial charge in [0.2, 0.25) is 5.91 Å². The quantitative estimate of drug-likeness (QED) is 0.743. The van der Waals surface area contributed by atoms with Gasteiger partial charge < -0.3 is 15.4 Å².